The lowest BCUT2D eigenvalue weighted by atomic mass is 9.70. The third-order valence-corrected chi connectivity index (χ3v) is 3.24. The largest absolute Gasteiger partial charge is 0.333 e. The number of rotatable bonds is 0. The lowest BCUT2D eigenvalue weighted by molar-refractivity contribution is 0.155. The van der Waals surface area contributed by atoms with Gasteiger partial charge in [-0.2, -0.15) is 0 Å². The Balaban J connectivity index is 0. The lowest BCUT2D eigenvalue weighted by Gasteiger charge is -2.35. The van der Waals surface area contributed by atoms with Crippen molar-refractivity contribution < 1.29 is 0 Å². The van der Waals surface area contributed by atoms with Gasteiger partial charge in [-0.25, -0.2) is 0 Å². The molecule has 2 nitrogen and oxygen atoms in total. The maximum absolute atomic E-state index is 4.50. The van der Waals surface area contributed by atoms with Crippen LogP contribution in [0.5, 0.6) is 0 Å². The van der Waals surface area contributed by atoms with Gasteiger partial charge in [-0.3, -0.25) is 0 Å². The average molecular weight is 216 g/mol. The summed E-state index contributed by atoms with van der Waals surface area (Å²) in [4.78, 5) is 0. The Labute approximate surface area is 96.8 Å². The summed E-state index contributed by atoms with van der Waals surface area (Å²) >= 11 is 0. The predicted molar refractivity (Wildman–Crippen MR) is 70.8 cm³/mol. The van der Waals surface area contributed by atoms with Crippen molar-refractivity contribution in [2.45, 2.75) is 53.4 Å². The number of nitrogens with two attached hydrogens (primary N) is 2. The molecule has 1 saturated carbocycles. The molecule has 1 fully saturated rings. The summed E-state index contributed by atoms with van der Waals surface area (Å²) in [5.74, 6) is 1.98. The Hall–Kier alpha value is -0.0800. The smallest absolute Gasteiger partial charge is 0.0195 e. The molecular formula is C13H32N2. The molecule has 94 valence electrons. The Morgan fingerprint density at radius 1 is 0.800 bits per heavy atom. The van der Waals surface area contributed by atoms with Crippen molar-refractivity contribution in [3.63, 3.8) is 0 Å². The molecule has 0 aliphatic heterocycles. The molecule has 4 N–H and O–H groups in total. The third-order valence-electron chi connectivity index (χ3n) is 3.24. The Bertz CT molecular complexity index is 119. The van der Waals surface area contributed by atoms with E-state index in [-0.39, 0.29) is 0 Å². The van der Waals surface area contributed by atoms with Crippen LogP contribution in [0.3, 0.4) is 0 Å². The molecule has 0 bridgehead atoms. The van der Waals surface area contributed by atoms with E-state index < -0.39 is 0 Å². The zero-order valence-corrected chi connectivity index (χ0v) is 11.6. The van der Waals surface area contributed by atoms with Crippen LogP contribution < -0.4 is 11.5 Å². The highest BCUT2D eigenvalue weighted by molar-refractivity contribution is 4.78. The second kappa shape index (κ2) is 9.17. The fourth-order valence-electron chi connectivity index (χ4n) is 2.13. The van der Waals surface area contributed by atoms with Crippen LogP contribution in [0.15, 0.2) is 0 Å². The summed E-state index contributed by atoms with van der Waals surface area (Å²) in [6.45, 7) is 9.54. The van der Waals surface area contributed by atoms with E-state index >= 15 is 0 Å². The van der Waals surface area contributed by atoms with Crippen molar-refractivity contribution in [3.05, 3.63) is 0 Å². The summed E-state index contributed by atoms with van der Waals surface area (Å²) in [7, 11) is 3.00. The topological polar surface area (TPSA) is 52.0 Å². The molecule has 15 heavy (non-hydrogen) atoms. The quantitative estimate of drug-likeness (QED) is 0.654. The van der Waals surface area contributed by atoms with Crippen molar-refractivity contribution in [3.8, 4) is 0 Å². The van der Waals surface area contributed by atoms with Gasteiger partial charge < -0.3 is 11.5 Å². The zero-order chi connectivity index (χ0) is 12.5. The first-order valence-corrected chi connectivity index (χ1v) is 6.15. The molecule has 1 aliphatic rings. The van der Waals surface area contributed by atoms with Crippen molar-refractivity contribution >= 4 is 0 Å². The minimum absolute atomic E-state index is 0.556. The molecule has 0 aromatic carbocycles. The van der Waals surface area contributed by atoms with Gasteiger partial charge in [0.1, 0.15) is 0 Å². The van der Waals surface area contributed by atoms with Crippen molar-refractivity contribution in [2.24, 2.45) is 28.7 Å². The highest BCUT2D eigenvalue weighted by Gasteiger charge is 2.27. The fraction of sp³-hybridized carbons (Fsp3) is 1.00. The molecule has 1 rings (SSSR count). The molecule has 1 aliphatic carbocycles. The van der Waals surface area contributed by atoms with Gasteiger partial charge in [0.15, 0.2) is 0 Å². The maximum Gasteiger partial charge on any atom is -0.0195 e. The summed E-state index contributed by atoms with van der Waals surface area (Å²) in [6.07, 6.45) is 5.85. The molecular weight excluding hydrogens is 184 g/mol. The SMILES string of the molecule is CC1CCC(C(C)(C)C)CC1.CN.CN. The van der Waals surface area contributed by atoms with Crippen molar-refractivity contribution in [1.82, 2.24) is 0 Å². The van der Waals surface area contributed by atoms with E-state index in [0.717, 1.165) is 11.8 Å². The highest BCUT2D eigenvalue weighted by atomic mass is 14.4. The van der Waals surface area contributed by atoms with Crippen molar-refractivity contribution in [1.29, 1.82) is 0 Å². The van der Waals surface area contributed by atoms with Crippen LogP contribution in [0.2, 0.25) is 0 Å². The Morgan fingerprint density at radius 2 is 1.13 bits per heavy atom. The first-order valence-electron chi connectivity index (χ1n) is 6.15. The molecule has 0 aromatic rings. The molecule has 0 radical (unpaired) electrons. The van der Waals surface area contributed by atoms with Crippen LogP contribution in [0.4, 0.5) is 0 Å². The summed E-state index contributed by atoms with van der Waals surface area (Å²) in [5, 5.41) is 0. The molecule has 0 aromatic heterocycles. The van der Waals surface area contributed by atoms with Gasteiger partial charge in [0, 0.05) is 0 Å². The lowest BCUT2D eigenvalue weighted by Crippen LogP contribution is -2.24. The Morgan fingerprint density at radius 3 is 1.40 bits per heavy atom. The first-order chi connectivity index (χ1) is 7.00. The minimum atomic E-state index is 0.556. The van der Waals surface area contributed by atoms with Gasteiger partial charge in [0.05, 0.1) is 0 Å². The fourth-order valence-corrected chi connectivity index (χ4v) is 2.13. The van der Waals surface area contributed by atoms with E-state index in [0.29, 0.717) is 5.41 Å². The van der Waals surface area contributed by atoms with Crippen molar-refractivity contribution in [2.75, 3.05) is 14.1 Å². The average Bonchev–Trinajstić information content (AvgIpc) is 2.23. The maximum atomic E-state index is 4.50. The van der Waals surface area contributed by atoms with Crippen LogP contribution in [-0.4, -0.2) is 14.1 Å². The van der Waals surface area contributed by atoms with Gasteiger partial charge in [-0.1, -0.05) is 40.5 Å². The van der Waals surface area contributed by atoms with E-state index in [1.807, 2.05) is 0 Å². The third kappa shape index (κ3) is 7.80. The highest BCUT2D eigenvalue weighted by Crippen LogP contribution is 2.39. The molecule has 0 heterocycles. The van der Waals surface area contributed by atoms with Crippen LogP contribution in [-0.2, 0) is 0 Å². The summed E-state index contributed by atoms with van der Waals surface area (Å²) < 4.78 is 0. The van der Waals surface area contributed by atoms with E-state index in [1.54, 1.807) is 0 Å². The van der Waals surface area contributed by atoms with Gasteiger partial charge in [-0.15, -0.1) is 0 Å². The van der Waals surface area contributed by atoms with E-state index in [4.69, 9.17) is 0 Å². The van der Waals surface area contributed by atoms with Crippen LogP contribution in [0.1, 0.15) is 53.4 Å². The standard InChI is InChI=1S/C11H22.2CH5N/c1-9-5-7-10(8-6-9)11(2,3)4;2*1-2/h9-10H,5-8H2,1-4H3;2*2H2,1H3. The zero-order valence-electron chi connectivity index (χ0n) is 11.6. The van der Waals surface area contributed by atoms with Crippen LogP contribution in [0, 0.1) is 17.3 Å². The van der Waals surface area contributed by atoms with E-state index in [1.165, 1.54) is 39.8 Å². The number of hydrogen-bond donors (Lipinski definition) is 2. The predicted octanol–water partition coefficient (Wildman–Crippen LogP) is 3.01. The minimum Gasteiger partial charge on any atom is -0.333 e. The second-order valence-corrected chi connectivity index (χ2v) is 5.32. The van der Waals surface area contributed by atoms with E-state index in [9.17, 15) is 0 Å². The summed E-state index contributed by atoms with van der Waals surface area (Å²) in [5.41, 5.74) is 9.56. The van der Waals surface area contributed by atoms with Crippen LogP contribution in [0.25, 0.3) is 0 Å². The van der Waals surface area contributed by atoms with Gasteiger partial charge in [-0.05, 0) is 44.2 Å². The normalized spacial score (nSPS) is 25.6. The van der Waals surface area contributed by atoms with Gasteiger partial charge in [0.2, 0.25) is 0 Å². The molecule has 0 atom stereocenters. The Kier molecular flexibility index (Phi) is 10.6. The van der Waals surface area contributed by atoms with E-state index in [2.05, 4.69) is 39.2 Å². The van der Waals surface area contributed by atoms with Gasteiger partial charge >= 0.3 is 0 Å². The molecule has 2 heteroatoms. The second-order valence-electron chi connectivity index (χ2n) is 5.32. The molecule has 0 spiro atoms. The summed E-state index contributed by atoms with van der Waals surface area (Å²) in [6, 6.07) is 0. The van der Waals surface area contributed by atoms with Gasteiger partial charge in [0.25, 0.3) is 0 Å². The monoisotopic (exact) mass is 216 g/mol. The molecule has 0 unspecified atom stereocenters. The first kappa shape index (κ1) is 17.3. The molecule has 0 saturated heterocycles. The van der Waals surface area contributed by atoms with Crippen LogP contribution >= 0.6 is 0 Å². The molecule has 0 amide bonds. The number of hydrogen-bond acceptors (Lipinski definition) is 2.